The monoisotopic (exact) mass is 262 g/mol. The summed E-state index contributed by atoms with van der Waals surface area (Å²) in [6, 6.07) is 7.93. The molecule has 0 saturated carbocycles. The molecule has 1 aromatic rings. The average Bonchev–Trinajstić information content (AvgIpc) is 2.44. The highest BCUT2D eigenvalue weighted by Gasteiger charge is 2.36. The van der Waals surface area contributed by atoms with E-state index < -0.39 is 18.1 Å². The van der Waals surface area contributed by atoms with Crippen LogP contribution >= 0.6 is 0 Å². The van der Waals surface area contributed by atoms with Crippen molar-refractivity contribution in [1.29, 1.82) is 0 Å². The van der Waals surface area contributed by atoms with Crippen LogP contribution in [0.5, 0.6) is 0 Å². The lowest BCUT2D eigenvalue weighted by atomic mass is 9.99. The number of methoxy groups -OCH3 is 1. The van der Waals surface area contributed by atoms with Gasteiger partial charge in [-0.3, -0.25) is 4.79 Å². The zero-order valence-electron chi connectivity index (χ0n) is 10.9. The molecular weight excluding hydrogens is 244 g/mol. The molecule has 1 amide bonds. The van der Waals surface area contributed by atoms with E-state index in [1.165, 1.54) is 12.0 Å². The number of carbonyl (C=O) groups is 2. The molecule has 0 aromatic heterocycles. The number of benzene rings is 1. The van der Waals surface area contributed by atoms with Gasteiger partial charge in [0.25, 0.3) is 0 Å². The van der Waals surface area contributed by atoms with Gasteiger partial charge in [0.05, 0.1) is 13.2 Å². The normalized spacial score (nSPS) is 21.1. The first kappa shape index (κ1) is 13.5. The third-order valence-electron chi connectivity index (χ3n) is 3.37. The van der Waals surface area contributed by atoms with Gasteiger partial charge in [0.2, 0.25) is 5.91 Å². The molecule has 1 heterocycles. The van der Waals surface area contributed by atoms with Crippen LogP contribution in [0.15, 0.2) is 30.3 Å². The molecule has 1 fully saturated rings. The van der Waals surface area contributed by atoms with E-state index in [-0.39, 0.29) is 5.91 Å². The Labute approximate surface area is 112 Å². The first-order valence-electron chi connectivity index (χ1n) is 6.34. The van der Waals surface area contributed by atoms with Gasteiger partial charge in [-0.1, -0.05) is 30.3 Å². The maximum absolute atomic E-state index is 12.2. The Morgan fingerprint density at radius 3 is 2.74 bits per heavy atom. The van der Waals surface area contributed by atoms with Gasteiger partial charge in [0, 0.05) is 6.54 Å². The van der Waals surface area contributed by atoms with Gasteiger partial charge in [-0.05, 0) is 18.4 Å². The van der Waals surface area contributed by atoms with Crippen molar-refractivity contribution < 1.29 is 14.3 Å². The van der Waals surface area contributed by atoms with Gasteiger partial charge in [-0.2, -0.15) is 0 Å². The van der Waals surface area contributed by atoms with Crippen LogP contribution in [0.1, 0.15) is 24.4 Å². The van der Waals surface area contributed by atoms with Crippen LogP contribution < -0.4 is 5.73 Å². The van der Waals surface area contributed by atoms with Crippen molar-refractivity contribution in [3.63, 3.8) is 0 Å². The number of hydrogen-bond acceptors (Lipinski definition) is 4. The molecule has 19 heavy (non-hydrogen) atoms. The predicted molar refractivity (Wildman–Crippen MR) is 70.1 cm³/mol. The fourth-order valence-electron chi connectivity index (χ4n) is 2.37. The quantitative estimate of drug-likeness (QED) is 0.820. The highest BCUT2D eigenvalue weighted by Crippen LogP contribution is 2.26. The van der Waals surface area contributed by atoms with Crippen molar-refractivity contribution in [3.05, 3.63) is 35.9 Å². The molecule has 0 spiro atoms. The molecule has 0 aliphatic carbocycles. The standard InChI is InChI=1S/C14H18N2O3/c1-19-14(18)12(10-6-3-2-4-7-10)16-9-5-8-11(15)13(16)17/h2-4,6-7,11-12H,5,8-9,15H2,1H3. The largest absolute Gasteiger partial charge is 0.467 e. The van der Waals surface area contributed by atoms with E-state index in [2.05, 4.69) is 0 Å². The molecule has 2 atom stereocenters. The summed E-state index contributed by atoms with van der Waals surface area (Å²) in [5, 5.41) is 0. The third-order valence-corrected chi connectivity index (χ3v) is 3.37. The highest BCUT2D eigenvalue weighted by molar-refractivity contribution is 5.88. The summed E-state index contributed by atoms with van der Waals surface area (Å²) < 4.78 is 4.83. The molecule has 2 rings (SSSR count). The molecule has 0 radical (unpaired) electrons. The minimum atomic E-state index is -0.704. The third kappa shape index (κ3) is 2.76. The van der Waals surface area contributed by atoms with E-state index in [1.54, 1.807) is 0 Å². The average molecular weight is 262 g/mol. The lowest BCUT2D eigenvalue weighted by Gasteiger charge is -2.35. The zero-order chi connectivity index (χ0) is 13.8. The predicted octanol–water partition coefficient (Wildman–Crippen LogP) is 0.850. The number of carbonyl (C=O) groups excluding carboxylic acids is 2. The molecule has 2 N–H and O–H groups in total. The SMILES string of the molecule is COC(=O)C(c1ccccc1)N1CCCC(N)C1=O. The van der Waals surface area contributed by atoms with Crippen LogP contribution in [0.25, 0.3) is 0 Å². The lowest BCUT2D eigenvalue weighted by Crippen LogP contribution is -2.51. The molecule has 1 aliphatic heterocycles. The highest BCUT2D eigenvalue weighted by atomic mass is 16.5. The fraction of sp³-hybridized carbons (Fsp3) is 0.429. The van der Waals surface area contributed by atoms with Crippen LogP contribution in [0, 0.1) is 0 Å². The smallest absolute Gasteiger partial charge is 0.333 e. The summed E-state index contributed by atoms with van der Waals surface area (Å²) in [4.78, 5) is 25.7. The maximum Gasteiger partial charge on any atom is 0.333 e. The second-order valence-electron chi connectivity index (χ2n) is 4.62. The molecule has 102 valence electrons. The maximum atomic E-state index is 12.2. The summed E-state index contributed by atoms with van der Waals surface area (Å²) in [6.45, 7) is 0.529. The summed E-state index contributed by atoms with van der Waals surface area (Å²) in [7, 11) is 1.33. The van der Waals surface area contributed by atoms with Crippen LogP contribution in [-0.4, -0.2) is 36.5 Å². The van der Waals surface area contributed by atoms with E-state index in [0.29, 0.717) is 13.0 Å². The number of esters is 1. The molecule has 5 heteroatoms. The fourth-order valence-corrected chi connectivity index (χ4v) is 2.37. The van der Waals surface area contributed by atoms with E-state index in [9.17, 15) is 9.59 Å². The van der Waals surface area contributed by atoms with E-state index in [0.717, 1.165) is 12.0 Å². The number of piperidine rings is 1. The van der Waals surface area contributed by atoms with Crippen molar-refractivity contribution in [1.82, 2.24) is 4.90 Å². The minimum Gasteiger partial charge on any atom is -0.467 e. The molecule has 2 unspecified atom stereocenters. The zero-order valence-corrected chi connectivity index (χ0v) is 10.9. The Morgan fingerprint density at radius 1 is 1.42 bits per heavy atom. The lowest BCUT2D eigenvalue weighted by molar-refractivity contribution is -0.155. The Hall–Kier alpha value is -1.88. The van der Waals surface area contributed by atoms with Crippen molar-refractivity contribution in [2.45, 2.75) is 24.9 Å². The van der Waals surface area contributed by atoms with Crippen molar-refractivity contribution in [2.75, 3.05) is 13.7 Å². The van der Waals surface area contributed by atoms with Gasteiger partial charge in [-0.15, -0.1) is 0 Å². The number of nitrogens with zero attached hydrogens (tertiary/aromatic N) is 1. The molecule has 5 nitrogen and oxygen atoms in total. The van der Waals surface area contributed by atoms with Gasteiger partial charge in [0.1, 0.15) is 0 Å². The Bertz CT molecular complexity index is 461. The number of amides is 1. The summed E-state index contributed by atoms with van der Waals surface area (Å²) >= 11 is 0. The van der Waals surface area contributed by atoms with E-state index in [1.807, 2.05) is 30.3 Å². The molecular formula is C14H18N2O3. The first-order valence-corrected chi connectivity index (χ1v) is 6.34. The number of nitrogens with two attached hydrogens (primary N) is 1. The van der Waals surface area contributed by atoms with Crippen molar-refractivity contribution in [2.24, 2.45) is 5.73 Å². The van der Waals surface area contributed by atoms with E-state index in [4.69, 9.17) is 10.5 Å². The number of rotatable bonds is 3. The Balaban J connectivity index is 2.33. The summed E-state index contributed by atoms with van der Waals surface area (Å²) in [5.74, 6) is -0.626. The molecule has 1 aliphatic rings. The minimum absolute atomic E-state index is 0.189. The Morgan fingerprint density at radius 2 is 2.11 bits per heavy atom. The molecule has 1 aromatic carbocycles. The van der Waals surface area contributed by atoms with Crippen LogP contribution in [0.4, 0.5) is 0 Å². The van der Waals surface area contributed by atoms with Crippen LogP contribution in [-0.2, 0) is 14.3 Å². The van der Waals surface area contributed by atoms with Gasteiger partial charge in [0.15, 0.2) is 6.04 Å². The number of likely N-dealkylation sites (tertiary alicyclic amines) is 1. The van der Waals surface area contributed by atoms with E-state index >= 15 is 0 Å². The topological polar surface area (TPSA) is 72.6 Å². The summed E-state index contributed by atoms with van der Waals surface area (Å²) in [5.41, 5.74) is 6.53. The number of hydrogen-bond donors (Lipinski definition) is 1. The van der Waals surface area contributed by atoms with Crippen LogP contribution in [0.3, 0.4) is 0 Å². The second-order valence-corrected chi connectivity index (χ2v) is 4.62. The first-order chi connectivity index (χ1) is 9.15. The van der Waals surface area contributed by atoms with Gasteiger partial charge in [-0.25, -0.2) is 4.79 Å². The molecule has 1 saturated heterocycles. The molecule has 0 bridgehead atoms. The Kier molecular flexibility index (Phi) is 4.16. The van der Waals surface area contributed by atoms with Gasteiger partial charge >= 0.3 is 5.97 Å². The second kappa shape index (κ2) is 5.84. The number of ether oxygens (including phenoxy) is 1. The van der Waals surface area contributed by atoms with Crippen molar-refractivity contribution >= 4 is 11.9 Å². The summed E-state index contributed by atoms with van der Waals surface area (Å²) in [6.07, 6.45) is 1.46. The van der Waals surface area contributed by atoms with Crippen molar-refractivity contribution in [3.8, 4) is 0 Å². The van der Waals surface area contributed by atoms with Gasteiger partial charge < -0.3 is 15.4 Å². The van der Waals surface area contributed by atoms with Crippen LogP contribution in [0.2, 0.25) is 0 Å².